The molecule has 3 rings (SSSR count). The Labute approximate surface area is 122 Å². The van der Waals surface area contributed by atoms with Crippen molar-refractivity contribution in [3.8, 4) is 5.75 Å². The minimum atomic E-state index is -0.657. The highest BCUT2D eigenvalue weighted by atomic mass is 35.5. The number of hydrogen-bond acceptors (Lipinski definition) is 4. The predicted molar refractivity (Wildman–Crippen MR) is 72.9 cm³/mol. The lowest BCUT2D eigenvalue weighted by molar-refractivity contribution is -0.183. The number of hydrogen-bond donors (Lipinski definition) is 1. The fourth-order valence-corrected chi connectivity index (χ4v) is 2.92. The van der Waals surface area contributed by atoms with E-state index in [1.165, 1.54) is 12.1 Å². The molecule has 0 unspecified atom stereocenters. The molecule has 0 saturated carbocycles. The van der Waals surface area contributed by atoms with E-state index in [0.29, 0.717) is 31.3 Å². The molecule has 5 nitrogen and oxygen atoms in total. The Morgan fingerprint density at radius 1 is 1.35 bits per heavy atom. The second kappa shape index (κ2) is 5.24. The molecule has 1 aromatic rings. The molecule has 2 heterocycles. The third-order valence-electron chi connectivity index (χ3n) is 3.71. The topological polar surface area (TPSA) is 59.0 Å². The number of benzene rings is 1. The van der Waals surface area contributed by atoms with Gasteiger partial charge < -0.3 is 19.5 Å². The highest BCUT2D eigenvalue weighted by Crippen LogP contribution is 2.32. The Morgan fingerprint density at radius 3 is 2.80 bits per heavy atom. The number of carbonyl (C=O) groups excluding carboxylic acids is 1. The summed E-state index contributed by atoms with van der Waals surface area (Å²) in [6.07, 6.45) is 1.61. The molecule has 108 valence electrons. The van der Waals surface area contributed by atoms with Gasteiger partial charge in [0.1, 0.15) is 5.75 Å². The van der Waals surface area contributed by atoms with E-state index < -0.39 is 5.79 Å². The number of ether oxygens (including phenoxy) is 2. The molecular formula is C14H16ClNO4. The number of amides is 1. The Bertz CT molecular complexity index is 528. The van der Waals surface area contributed by atoms with E-state index in [2.05, 4.69) is 0 Å². The molecule has 1 aromatic carbocycles. The molecule has 0 bridgehead atoms. The number of phenolic OH excluding ortho intramolecular Hbond substituents is 1. The van der Waals surface area contributed by atoms with Gasteiger partial charge in [-0.2, -0.15) is 0 Å². The number of halogens is 1. The van der Waals surface area contributed by atoms with E-state index in [9.17, 15) is 9.90 Å². The summed E-state index contributed by atoms with van der Waals surface area (Å²) >= 11 is 5.78. The smallest absolute Gasteiger partial charge is 0.257 e. The molecule has 0 radical (unpaired) electrons. The average molecular weight is 298 g/mol. The van der Waals surface area contributed by atoms with Crippen molar-refractivity contribution in [2.75, 3.05) is 26.3 Å². The zero-order valence-electron chi connectivity index (χ0n) is 11.0. The van der Waals surface area contributed by atoms with E-state index in [0.717, 1.165) is 12.8 Å². The normalized spacial score (nSPS) is 21.4. The summed E-state index contributed by atoms with van der Waals surface area (Å²) in [6, 6.07) is 4.51. The molecule has 1 amide bonds. The maximum absolute atomic E-state index is 12.5. The van der Waals surface area contributed by atoms with Crippen LogP contribution >= 0.6 is 11.6 Å². The van der Waals surface area contributed by atoms with Crippen molar-refractivity contribution in [3.63, 3.8) is 0 Å². The van der Waals surface area contributed by atoms with Gasteiger partial charge in [-0.15, -0.1) is 0 Å². The zero-order valence-corrected chi connectivity index (χ0v) is 11.7. The summed E-state index contributed by atoms with van der Waals surface area (Å²) in [5, 5.41) is 10.3. The Morgan fingerprint density at radius 2 is 2.10 bits per heavy atom. The van der Waals surface area contributed by atoms with E-state index in [1.54, 1.807) is 11.0 Å². The van der Waals surface area contributed by atoms with Crippen LogP contribution in [0.5, 0.6) is 5.75 Å². The highest BCUT2D eigenvalue weighted by Gasteiger charge is 2.42. The summed E-state index contributed by atoms with van der Waals surface area (Å²) in [6.45, 7) is 2.16. The van der Waals surface area contributed by atoms with E-state index in [-0.39, 0.29) is 17.2 Å². The number of aromatic hydroxyl groups is 1. The highest BCUT2D eigenvalue weighted by molar-refractivity contribution is 6.30. The predicted octanol–water partition coefficient (Wildman–Crippen LogP) is 2.02. The molecule has 6 heteroatoms. The van der Waals surface area contributed by atoms with Gasteiger partial charge in [-0.25, -0.2) is 0 Å². The quantitative estimate of drug-likeness (QED) is 0.861. The summed E-state index contributed by atoms with van der Waals surface area (Å²) in [7, 11) is 0. The van der Waals surface area contributed by atoms with Crippen LogP contribution in [-0.2, 0) is 9.47 Å². The molecule has 0 aliphatic carbocycles. The van der Waals surface area contributed by atoms with Crippen LogP contribution in [0.1, 0.15) is 23.2 Å². The first-order valence-electron chi connectivity index (χ1n) is 6.65. The summed E-state index contributed by atoms with van der Waals surface area (Å²) in [5.74, 6) is -0.983. The Kier molecular flexibility index (Phi) is 3.58. The minimum absolute atomic E-state index is 0.101. The largest absolute Gasteiger partial charge is 0.507 e. The molecule has 1 spiro atoms. The fourth-order valence-electron chi connectivity index (χ4n) is 2.75. The average Bonchev–Trinajstić information content (AvgIpc) is 2.86. The van der Waals surface area contributed by atoms with Gasteiger partial charge in [0, 0.05) is 18.0 Å². The number of rotatable bonds is 1. The van der Waals surface area contributed by atoms with Crippen LogP contribution in [0.15, 0.2) is 18.2 Å². The lowest BCUT2D eigenvalue weighted by atomic mass is 10.0. The first kappa shape index (κ1) is 13.7. The van der Waals surface area contributed by atoms with Gasteiger partial charge in [0.15, 0.2) is 5.79 Å². The first-order valence-corrected chi connectivity index (χ1v) is 7.03. The third kappa shape index (κ3) is 2.49. The number of nitrogens with zero attached hydrogens (tertiary/aromatic N) is 1. The van der Waals surface area contributed by atoms with Crippen LogP contribution in [0.4, 0.5) is 0 Å². The SMILES string of the molecule is O=C(c1ccc(Cl)cc1O)N1CCCC2(C1)OCCO2. The van der Waals surface area contributed by atoms with Crippen molar-refractivity contribution < 1.29 is 19.4 Å². The van der Waals surface area contributed by atoms with Gasteiger partial charge in [-0.3, -0.25) is 4.79 Å². The molecule has 2 aliphatic heterocycles. The van der Waals surface area contributed by atoms with Crippen molar-refractivity contribution >= 4 is 17.5 Å². The number of carbonyl (C=O) groups is 1. The Hall–Kier alpha value is -1.30. The lowest BCUT2D eigenvalue weighted by Gasteiger charge is -2.38. The Balaban J connectivity index is 1.79. The maximum Gasteiger partial charge on any atom is 0.257 e. The molecule has 0 aromatic heterocycles. The minimum Gasteiger partial charge on any atom is -0.507 e. The van der Waals surface area contributed by atoms with Gasteiger partial charge in [0.05, 0.1) is 25.3 Å². The molecule has 20 heavy (non-hydrogen) atoms. The fraction of sp³-hybridized carbons (Fsp3) is 0.500. The van der Waals surface area contributed by atoms with Crippen molar-refractivity contribution in [2.45, 2.75) is 18.6 Å². The summed E-state index contributed by atoms with van der Waals surface area (Å²) in [4.78, 5) is 14.1. The number of likely N-dealkylation sites (tertiary alicyclic amines) is 1. The van der Waals surface area contributed by atoms with Crippen molar-refractivity contribution in [2.24, 2.45) is 0 Å². The van der Waals surface area contributed by atoms with Crippen molar-refractivity contribution in [1.29, 1.82) is 0 Å². The van der Waals surface area contributed by atoms with Crippen LogP contribution < -0.4 is 0 Å². The molecule has 2 aliphatic rings. The van der Waals surface area contributed by atoms with Gasteiger partial charge in [-0.05, 0) is 24.6 Å². The van der Waals surface area contributed by atoms with E-state index in [1.807, 2.05) is 0 Å². The van der Waals surface area contributed by atoms with Crippen LogP contribution in [0.3, 0.4) is 0 Å². The van der Waals surface area contributed by atoms with Crippen molar-refractivity contribution in [1.82, 2.24) is 4.90 Å². The standard InChI is InChI=1S/C14H16ClNO4/c15-10-2-3-11(12(17)8-10)13(18)16-5-1-4-14(9-16)19-6-7-20-14/h2-3,8,17H,1,4-7,9H2. The first-order chi connectivity index (χ1) is 9.60. The molecular weight excluding hydrogens is 282 g/mol. The number of phenols is 1. The van der Waals surface area contributed by atoms with Gasteiger partial charge in [0.25, 0.3) is 5.91 Å². The van der Waals surface area contributed by atoms with Crippen LogP contribution in [0, 0.1) is 0 Å². The zero-order chi connectivity index (χ0) is 14.2. The van der Waals surface area contributed by atoms with Crippen LogP contribution in [0.25, 0.3) is 0 Å². The summed E-state index contributed by atoms with van der Waals surface area (Å²) < 4.78 is 11.3. The van der Waals surface area contributed by atoms with E-state index >= 15 is 0 Å². The van der Waals surface area contributed by atoms with Gasteiger partial charge >= 0.3 is 0 Å². The van der Waals surface area contributed by atoms with Gasteiger partial charge in [-0.1, -0.05) is 11.6 Å². The molecule has 0 atom stereocenters. The maximum atomic E-state index is 12.5. The third-order valence-corrected chi connectivity index (χ3v) is 3.94. The molecule has 2 saturated heterocycles. The summed E-state index contributed by atoms with van der Waals surface area (Å²) in [5.41, 5.74) is 0.254. The second-order valence-electron chi connectivity index (χ2n) is 5.10. The van der Waals surface area contributed by atoms with Crippen molar-refractivity contribution in [3.05, 3.63) is 28.8 Å². The molecule has 2 fully saturated rings. The molecule has 1 N–H and O–H groups in total. The monoisotopic (exact) mass is 297 g/mol. The lowest BCUT2D eigenvalue weighted by Crippen LogP contribution is -2.51. The van der Waals surface area contributed by atoms with Crippen LogP contribution in [0.2, 0.25) is 5.02 Å². The van der Waals surface area contributed by atoms with E-state index in [4.69, 9.17) is 21.1 Å². The van der Waals surface area contributed by atoms with Crippen LogP contribution in [-0.4, -0.2) is 48.0 Å². The second-order valence-corrected chi connectivity index (χ2v) is 5.54. The van der Waals surface area contributed by atoms with Gasteiger partial charge in [0.2, 0.25) is 0 Å². The number of piperidine rings is 1.